The molecule has 26 heavy (non-hydrogen) atoms. The Bertz CT molecular complexity index is 666. The van der Waals surface area contributed by atoms with Crippen LogP contribution in [0.4, 0.5) is 10.5 Å². The maximum absolute atomic E-state index is 12.0. The van der Waals surface area contributed by atoms with Crippen LogP contribution in [0, 0.1) is 0 Å². The summed E-state index contributed by atoms with van der Waals surface area (Å²) < 4.78 is 7.40. The summed E-state index contributed by atoms with van der Waals surface area (Å²) in [5.41, 5.74) is 2.05. The minimum atomic E-state index is -0.176. The van der Waals surface area contributed by atoms with Crippen LogP contribution in [0.1, 0.15) is 24.9 Å². The second-order valence-electron chi connectivity index (χ2n) is 6.48. The third-order valence-electron chi connectivity index (χ3n) is 4.68. The summed E-state index contributed by atoms with van der Waals surface area (Å²) in [6.45, 7) is 7.19. The molecule has 0 bridgehead atoms. The minimum Gasteiger partial charge on any atom is -0.379 e. The zero-order valence-corrected chi connectivity index (χ0v) is 15.2. The first-order chi connectivity index (χ1) is 12.7. The summed E-state index contributed by atoms with van der Waals surface area (Å²) in [5.74, 6) is 0. The molecule has 7 heteroatoms. The van der Waals surface area contributed by atoms with Crippen molar-refractivity contribution in [3.8, 4) is 0 Å². The van der Waals surface area contributed by atoms with Crippen molar-refractivity contribution < 1.29 is 9.53 Å². The third kappa shape index (κ3) is 5.31. The number of nitrogens with one attached hydrogen (secondary N) is 2. The number of morpholine rings is 1. The van der Waals surface area contributed by atoms with E-state index >= 15 is 0 Å². The van der Waals surface area contributed by atoms with Gasteiger partial charge in [-0.3, -0.25) is 4.90 Å². The topological polar surface area (TPSA) is 71.4 Å². The molecule has 2 amide bonds. The highest BCUT2D eigenvalue weighted by atomic mass is 16.5. The van der Waals surface area contributed by atoms with Gasteiger partial charge in [-0.2, -0.15) is 0 Å². The molecule has 2 heterocycles. The van der Waals surface area contributed by atoms with E-state index < -0.39 is 0 Å². The number of carbonyl (C=O) groups is 1. The van der Waals surface area contributed by atoms with E-state index in [-0.39, 0.29) is 6.03 Å². The van der Waals surface area contributed by atoms with Gasteiger partial charge in [0.25, 0.3) is 0 Å². The normalized spacial score (nSPS) is 16.2. The van der Waals surface area contributed by atoms with Crippen LogP contribution in [-0.2, 0) is 11.3 Å². The molecule has 0 radical (unpaired) electrons. The monoisotopic (exact) mass is 357 g/mol. The predicted octanol–water partition coefficient (Wildman–Crippen LogP) is 2.49. The van der Waals surface area contributed by atoms with Crippen LogP contribution in [-0.4, -0.2) is 53.3 Å². The van der Waals surface area contributed by atoms with Crippen molar-refractivity contribution in [1.29, 1.82) is 0 Å². The van der Waals surface area contributed by atoms with E-state index in [9.17, 15) is 4.79 Å². The second-order valence-corrected chi connectivity index (χ2v) is 6.48. The standard InChI is InChI=1S/C19H27N5O2/c1-16(24-11-13-26-14-12-24)17-3-5-18(6-4-17)22-19(25)21-7-2-9-23-10-8-20-15-23/h3-6,8,10,15-16H,2,7,9,11-14H2,1H3,(H2,21,22,25). The van der Waals surface area contributed by atoms with Gasteiger partial charge in [0.05, 0.1) is 19.5 Å². The third-order valence-corrected chi connectivity index (χ3v) is 4.68. The number of nitrogens with zero attached hydrogens (tertiary/aromatic N) is 3. The minimum absolute atomic E-state index is 0.176. The van der Waals surface area contributed by atoms with Crippen molar-refractivity contribution >= 4 is 11.7 Å². The van der Waals surface area contributed by atoms with Crippen LogP contribution >= 0.6 is 0 Å². The number of rotatable bonds is 7. The molecule has 1 aliphatic rings. The Morgan fingerprint density at radius 3 is 2.73 bits per heavy atom. The van der Waals surface area contributed by atoms with Gasteiger partial charge < -0.3 is 19.9 Å². The van der Waals surface area contributed by atoms with Gasteiger partial charge in [0.1, 0.15) is 0 Å². The molecule has 1 atom stereocenters. The summed E-state index contributed by atoms with van der Waals surface area (Å²) in [5, 5.41) is 5.76. The van der Waals surface area contributed by atoms with Gasteiger partial charge in [0.15, 0.2) is 0 Å². The molecular weight excluding hydrogens is 330 g/mol. The highest BCUT2D eigenvalue weighted by molar-refractivity contribution is 5.89. The van der Waals surface area contributed by atoms with E-state index in [0.717, 1.165) is 45.0 Å². The lowest BCUT2D eigenvalue weighted by Gasteiger charge is -2.32. The van der Waals surface area contributed by atoms with Gasteiger partial charge in [-0.1, -0.05) is 12.1 Å². The van der Waals surface area contributed by atoms with Crippen molar-refractivity contribution in [2.24, 2.45) is 0 Å². The Hall–Kier alpha value is -2.38. The highest BCUT2D eigenvalue weighted by Gasteiger charge is 2.18. The van der Waals surface area contributed by atoms with Gasteiger partial charge in [-0.15, -0.1) is 0 Å². The Labute approximate surface area is 154 Å². The number of anilines is 1. The van der Waals surface area contributed by atoms with E-state index in [1.165, 1.54) is 5.56 Å². The van der Waals surface area contributed by atoms with Crippen molar-refractivity contribution in [1.82, 2.24) is 19.8 Å². The number of aryl methyl sites for hydroxylation is 1. The van der Waals surface area contributed by atoms with Crippen molar-refractivity contribution in [3.63, 3.8) is 0 Å². The summed E-state index contributed by atoms with van der Waals surface area (Å²) in [4.78, 5) is 18.4. The Morgan fingerprint density at radius 1 is 1.27 bits per heavy atom. The molecule has 0 aliphatic carbocycles. The van der Waals surface area contributed by atoms with Gasteiger partial charge in [0.2, 0.25) is 0 Å². The molecule has 140 valence electrons. The van der Waals surface area contributed by atoms with Crippen molar-refractivity contribution in [2.45, 2.75) is 25.9 Å². The molecule has 2 aromatic rings. The first kappa shape index (κ1) is 18.4. The number of urea groups is 1. The lowest BCUT2D eigenvalue weighted by Crippen LogP contribution is -2.38. The number of imidazole rings is 1. The number of benzene rings is 1. The average Bonchev–Trinajstić information content (AvgIpc) is 3.19. The molecule has 1 aliphatic heterocycles. The maximum atomic E-state index is 12.0. The fraction of sp³-hybridized carbons (Fsp3) is 0.474. The van der Waals surface area contributed by atoms with E-state index in [2.05, 4.69) is 39.6 Å². The number of aromatic nitrogens is 2. The Kier molecular flexibility index (Phi) is 6.62. The van der Waals surface area contributed by atoms with E-state index in [0.29, 0.717) is 12.6 Å². The van der Waals surface area contributed by atoms with Crippen LogP contribution in [0.15, 0.2) is 43.0 Å². The van der Waals surface area contributed by atoms with Gasteiger partial charge in [-0.05, 0) is 31.0 Å². The van der Waals surface area contributed by atoms with Gasteiger partial charge in [0, 0.05) is 50.3 Å². The number of amides is 2. The Balaban J connectivity index is 1.40. The van der Waals surface area contributed by atoms with E-state index in [4.69, 9.17) is 4.74 Å². The van der Waals surface area contributed by atoms with Crippen LogP contribution in [0.5, 0.6) is 0 Å². The largest absolute Gasteiger partial charge is 0.379 e. The predicted molar refractivity (Wildman–Crippen MR) is 101 cm³/mol. The summed E-state index contributed by atoms with van der Waals surface area (Å²) in [6, 6.07) is 8.24. The lowest BCUT2D eigenvalue weighted by molar-refractivity contribution is 0.0198. The molecule has 1 aromatic carbocycles. The van der Waals surface area contributed by atoms with Crippen molar-refractivity contribution in [3.05, 3.63) is 48.5 Å². The molecule has 1 unspecified atom stereocenters. The van der Waals surface area contributed by atoms with Crippen LogP contribution in [0.25, 0.3) is 0 Å². The molecule has 0 saturated carbocycles. The lowest BCUT2D eigenvalue weighted by atomic mass is 10.1. The summed E-state index contributed by atoms with van der Waals surface area (Å²) in [6.07, 6.45) is 6.31. The van der Waals surface area contributed by atoms with Gasteiger partial charge in [-0.25, -0.2) is 9.78 Å². The van der Waals surface area contributed by atoms with E-state index in [1.807, 2.05) is 22.9 Å². The number of hydrogen-bond donors (Lipinski definition) is 2. The SMILES string of the molecule is CC(c1ccc(NC(=O)NCCCn2ccnc2)cc1)N1CCOCC1. The molecule has 1 aromatic heterocycles. The fourth-order valence-corrected chi connectivity index (χ4v) is 3.08. The molecule has 1 fully saturated rings. The molecule has 2 N–H and O–H groups in total. The van der Waals surface area contributed by atoms with Gasteiger partial charge >= 0.3 is 6.03 Å². The van der Waals surface area contributed by atoms with E-state index in [1.54, 1.807) is 12.5 Å². The summed E-state index contributed by atoms with van der Waals surface area (Å²) >= 11 is 0. The first-order valence-electron chi connectivity index (χ1n) is 9.15. The Morgan fingerprint density at radius 2 is 2.04 bits per heavy atom. The number of hydrogen-bond acceptors (Lipinski definition) is 4. The molecular formula is C19H27N5O2. The van der Waals surface area contributed by atoms with Crippen LogP contribution < -0.4 is 10.6 Å². The molecule has 7 nitrogen and oxygen atoms in total. The van der Waals surface area contributed by atoms with Crippen molar-refractivity contribution in [2.75, 3.05) is 38.2 Å². The molecule has 0 spiro atoms. The zero-order chi connectivity index (χ0) is 18.2. The molecule has 3 rings (SSSR count). The second kappa shape index (κ2) is 9.35. The maximum Gasteiger partial charge on any atom is 0.319 e. The quantitative estimate of drug-likeness (QED) is 0.747. The smallest absolute Gasteiger partial charge is 0.319 e. The first-order valence-corrected chi connectivity index (χ1v) is 9.15. The number of ether oxygens (including phenoxy) is 1. The molecule has 1 saturated heterocycles. The zero-order valence-electron chi connectivity index (χ0n) is 15.2. The van der Waals surface area contributed by atoms with Crippen LogP contribution in [0.2, 0.25) is 0 Å². The average molecular weight is 357 g/mol. The summed E-state index contributed by atoms with van der Waals surface area (Å²) in [7, 11) is 0. The van der Waals surface area contributed by atoms with Crippen LogP contribution in [0.3, 0.4) is 0 Å². The fourth-order valence-electron chi connectivity index (χ4n) is 3.08. The number of carbonyl (C=O) groups excluding carboxylic acids is 1. The highest BCUT2D eigenvalue weighted by Crippen LogP contribution is 2.22.